The lowest BCUT2D eigenvalue weighted by atomic mass is 10.1. The first-order chi connectivity index (χ1) is 9.32. The van der Waals surface area contributed by atoms with Gasteiger partial charge in [0, 0.05) is 19.0 Å². The highest BCUT2D eigenvalue weighted by molar-refractivity contribution is 7.89. The lowest BCUT2D eigenvalue weighted by molar-refractivity contribution is -0.384. The number of carbonyl (C=O) groups is 1. The molecule has 1 heterocycles. The molecule has 1 aromatic rings. The summed E-state index contributed by atoms with van der Waals surface area (Å²) in [5.41, 5.74) is -0.476. The van der Waals surface area contributed by atoms with Crippen LogP contribution in [0.15, 0.2) is 23.1 Å². The second-order valence-electron chi connectivity index (χ2n) is 4.35. The molecule has 9 heteroatoms. The normalized spacial score (nSPS) is 17.1. The van der Waals surface area contributed by atoms with Crippen molar-refractivity contribution >= 4 is 33.1 Å². The number of carbonyl (C=O) groups excluding carboxylic acids is 1. The van der Waals surface area contributed by atoms with Crippen molar-refractivity contribution in [3.63, 3.8) is 0 Å². The Morgan fingerprint density at radius 2 is 2.05 bits per heavy atom. The summed E-state index contributed by atoms with van der Waals surface area (Å²) in [5.74, 6) is -0.164. The molecule has 1 saturated heterocycles. The summed E-state index contributed by atoms with van der Waals surface area (Å²) in [6.07, 6.45) is 0.806. The number of nitro benzene ring substituents is 1. The Bertz CT molecular complexity index is 673. The van der Waals surface area contributed by atoms with Crippen LogP contribution in [-0.2, 0) is 14.8 Å². The van der Waals surface area contributed by atoms with Gasteiger partial charge in [-0.25, -0.2) is 8.42 Å². The molecule has 0 N–H and O–H groups in total. The van der Waals surface area contributed by atoms with Gasteiger partial charge in [0.15, 0.2) is 0 Å². The van der Waals surface area contributed by atoms with Gasteiger partial charge in [-0.2, -0.15) is 4.31 Å². The molecular formula is C11H11ClN2O5S. The Balaban J connectivity index is 2.41. The molecule has 108 valence electrons. The molecule has 0 atom stereocenters. The fraction of sp³-hybridized carbons (Fsp3) is 0.364. The van der Waals surface area contributed by atoms with E-state index in [0.29, 0.717) is 12.8 Å². The van der Waals surface area contributed by atoms with E-state index in [9.17, 15) is 23.3 Å². The van der Waals surface area contributed by atoms with Gasteiger partial charge in [-0.3, -0.25) is 14.9 Å². The zero-order valence-electron chi connectivity index (χ0n) is 10.3. The third-order valence-corrected chi connectivity index (χ3v) is 5.13. The summed E-state index contributed by atoms with van der Waals surface area (Å²) in [7, 11) is -3.92. The maximum atomic E-state index is 12.3. The first-order valence-corrected chi connectivity index (χ1v) is 7.60. The fourth-order valence-corrected chi connectivity index (χ4v) is 3.62. The van der Waals surface area contributed by atoms with E-state index in [2.05, 4.69) is 0 Å². The lowest BCUT2D eigenvalue weighted by Gasteiger charge is -2.24. The third kappa shape index (κ3) is 2.82. The Kier molecular flexibility index (Phi) is 4.07. The van der Waals surface area contributed by atoms with Crippen molar-refractivity contribution in [2.75, 3.05) is 13.1 Å². The predicted molar refractivity (Wildman–Crippen MR) is 71.1 cm³/mol. The van der Waals surface area contributed by atoms with Crippen molar-refractivity contribution < 1.29 is 18.1 Å². The molecule has 1 fully saturated rings. The largest absolute Gasteiger partial charge is 0.298 e. The highest BCUT2D eigenvalue weighted by Crippen LogP contribution is 2.29. The monoisotopic (exact) mass is 318 g/mol. The van der Waals surface area contributed by atoms with Gasteiger partial charge in [-0.05, 0) is 18.6 Å². The SMILES string of the molecule is O=C1CCCN(S(=O)(=O)c2ccc(Cl)c([N+](=O)[O-])c2)C1. The summed E-state index contributed by atoms with van der Waals surface area (Å²) in [6, 6.07) is 3.28. The summed E-state index contributed by atoms with van der Waals surface area (Å²) in [6.45, 7) is 0.0310. The standard InChI is InChI=1S/C11H11ClN2O5S/c12-10-4-3-9(6-11(10)14(16)17)20(18,19)13-5-1-2-8(15)7-13/h3-4,6H,1-2,5,7H2. The highest BCUT2D eigenvalue weighted by atomic mass is 35.5. The third-order valence-electron chi connectivity index (χ3n) is 2.97. The maximum Gasteiger partial charge on any atom is 0.289 e. The van der Waals surface area contributed by atoms with Crippen LogP contribution in [0.25, 0.3) is 0 Å². The van der Waals surface area contributed by atoms with E-state index in [4.69, 9.17) is 11.6 Å². The van der Waals surface area contributed by atoms with Gasteiger partial charge in [0.1, 0.15) is 10.8 Å². The molecule has 1 aliphatic heterocycles. The number of nitro groups is 1. The van der Waals surface area contributed by atoms with Crippen molar-refractivity contribution in [1.29, 1.82) is 0 Å². The molecule has 0 aliphatic carbocycles. The average Bonchev–Trinajstić information content (AvgIpc) is 2.38. The summed E-state index contributed by atoms with van der Waals surface area (Å²) in [4.78, 5) is 21.2. The average molecular weight is 319 g/mol. The molecule has 0 amide bonds. The number of ketones is 1. The van der Waals surface area contributed by atoms with Crippen molar-refractivity contribution in [3.8, 4) is 0 Å². The predicted octanol–water partition coefficient (Wildman–Crippen LogP) is 1.60. The number of rotatable bonds is 3. The van der Waals surface area contributed by atoms with Gasteiger partial charge in [0.05, 0.1) is 16.4 Å². The Morgan fingerprint density at radius 3 is 2.65 bits per heavy atom. The van der Waals surface area contributed by atoms with E-state index in [1.807, 2.05) is 0 Å². The maximum absolute atomic E-state index is 12.3. The summed E-state index contributed by atoms with van der Waals surface area (Å²) in [5, 5.41) is 10.7. The van der Waals surface area contributed by atoms with E-state index in [1.165, 1.54) is 12.1 Å². The zero-order valence-corrected chi connectivity index (χ0v) is 11.9. The van der Waals surface area contributed by atoms with Crippen molar-refractivity contribution in [2.24, 2.45) is 0 Å². The summed E-state index contributed by atoms with van der Waals surface area (Å²) >= 11 is 5.65. The van der Waals surface area contributed by atoms with Crippen LogP contribution in [0.2, 0.25) is 5.02 Å². The number of sulfonamides is 1. The fourth-order valence-electron chi connectivity index (χ4n) is 1.95. The Hall–Kier alpha value is -1.51. The minimum Gasteiger partial charge on any atom is -0.298 e. The van der Waals surface area contributed by atoms with Crippen molar-refractivity contribution in [1.82, 2.24) is 4.31 Å². The molecule has 0 bridgehead atoms. The van der Waals surface area contributed by atoms with Crippen molar-refractivity contribution in [3.05, 3.63) is 33.3 Å². The van der Waals surface area contributed by atoms with Crippen LogP contribution in [0.1, 0.15) is 12.8 Å². The summed E-state index contributed by atoms with van der Waals surface area (Å²) < 4.78 is 25.7. The van der Waals surface area contributed by atoms with Crippen molar-refractivity contribution in [2.45, 2.75) is 17.7 Å². The number of nitrogens with zero attached hydrogens (tertiary/aromatic N) is 2. The molecule has 2 rings (SSSR count). The molecule has 0 spiro atoms. The van der Waals surface area contributed by atoms with E-state index in [-0.39, 0.29) is 28.8 Å². The second-order valence-corrected chi connectivity index (χ2v) is 6.70. The first-order valence-electron chi connectivity index (χ1n) is 5.78. The lowest BCUT2D eigenvalue weighted by Crippen LogP contribution is -2.40. The number of hydrogen-bond acceptors (Lipinski definition) is 5. The zero-order chi connectivity index (χ0) is 14.9. The highest BCUT2D eigenvalue weighted by Gasteiger charge is 2.30. The van der Waals surface area contributed by atoms with Crippen LogP contribution < -0.4 is 0 Å². The van der Waals surface area contributed by atoms with E-state index < -0.39 is 20.6 Å². The Labute approximate surface area is 120 Å². The number of halogens is 1. The van der Waals surface area contributed by atoms with Gasteiger partial charge in [-0.15, -0.1) is 0 Å². The molecule has 20 heavy (non-hydrogen) atoms. The van der Waals surface area contributed by atoms with Gasteiger partial charge >= 0.3 is 0 Å². The van der Waals surface area contributed by atoms with Gasteiger partial charge in [0.25, 0.3) is 5.69 Å². The van der Waals surface area contributed by atoms with Gasteiger partial charge in [0.2, 0.25) is 10.0 Å². The van der Waals surface area contributed by atoms with Crippen LogP contribution in [0.3, 0.4) is 0 Å². The van der Waals surface area contributed by atoms with Crippen LogP contribution in [-0.4, -0.2) is 36.5 Å². The van der Waals surface area contributed by atoms with E-state index in [1.54, 1.807) is 0 Å². The Morgan fingerprint density at radius 1 is 1.35 bits per heavy atom. The van der Waals surface area contributed by atoms with Gasteiger partial charge < -0.3 is 0 Å². The number of Topliss-reactive ketones (excluding diaryl/α,β-unsaturated/α-hetero) is 1. The molecule has 7 nitrogen and oxygen atoms in total. The van der Waals surface area contributed by atoms with E-state index in [0.717, 1.165) is 10.4 Å². The van der Waals surface area contributed by atoms with Gasteiger partial charge in [-0.1, -0.05) is 11.6 Å². The minimum absolute atomic E-state index is 0.135. The molecule has 1 aromatic carbocycles. The minimum atomic E-state index is -3.92. The quantitative estimate of drug-likeness (QED) is 0.623. The van der Waals surface area contributed by atoms with Crippen LogP contribution in [0.4, 0.5) is 5.69 Å². The molecule has 0 saturated carbocycles. The van der Waals surface area contributed by atoms with Crippen LogP contribution in [0.5, 0.6) is 0 Å². The molecular weight excluding hydrogens is 308 g/mol. The number of benzene rings is 1. The topological polar surface area (TPSA) is 97.6 Å². The van der Waals surface area contributed by atoms with Crippen LogP contribution in [0, 0.1) is 10.1 Å². The molecule has 0 radical (unpaired) electrons. The first kappa shape index (κ1) is 14.9. The van der Waals surface area contributed by atoms with E-state index >= 15 is 0 Å². The number of piperidine rings is 1. The smallest absolute Gasteiger partial charge is 0.289 e. The molecule has 0 unspecified atom stereocenters. The second kappa shape index (κ2) is 5.47. The van der Waals surface area contributed by atoms with Crippen LogP contribution >= 0.6 is 11.6 Å². The number of hydrogen-bond donors (Lipinski definition) is 0. The molecule has 0 aromatic heterocycles. The molecule has 1 aliphatic rings.